The molecular formula is C12H13ClN2O2S2. The summed E-state index contributed by atoms with van der Waals surface area (Å²) < 4.78 is 0.723. The van der Waals surface area contributed by atoms with Crippen LogP contribution >= 0.6 is 34.3 Å². The van der Waals surface area contributed by atoms with Crippen molar-refractivity contribution in [3.05, 3.63) is 27.5 Å². The molecule has 2 aromatic heterocycles. The predicted molar refractivity (Wildman–Crippen MR) is 78.8 cm³/mol. The summed E-state index contributed by atoms with van der Waals surface area (Å²) in [6, 6.07) is 3.52. The van der Waals surface area contributed by atoms with Crippen LogP contribution in [0.4, 0.5) is 0 Å². The van der Waals surface area contributed by atoms with Crippen LogP contribution in [-0.4, -0.2) is 28.6 Å². The number of aliphatic hydroxyl groups excluding tert-OH is 1. The van der Waals surface area contributed by atoms with E-state index in [1.807, 2.05) is 17.5 Å². The van der Waals surface area contributed by atoms with Crippen LogP contribution in [-0.2, 0) is 11.2 Å². The molecule has 2 N–H and O–H groups in total. The maximum absolute atomic E-state index is 11.7. The molecule has 1 amide bonds. The van der Waals surface area contributed by atoms with Gasteiger partial charge in [0.05, 0.1) is 27.9 Å². The maximum atomic E-state index is 11.7. The highest BCUT2D eigenvalue weighted by atomic mass is 35.5. The summed E-state index contributed by atoms with van der Waals surface area (Å²) in [5.41, 5.74) is 0.729. The van der Waals surface area contributed by atoms with Gasteiger partial charge in [-0.1, -0.05) is 11.6 Å². The summed E-state index contributed by atoms with van der Waals surface area (Å²) in [7, 11) is 0. The van der Waals surface area contributed by atoms with E-state index >= 15 is 0 Å². The molecule has 0 aromatic carbocycles. The van der Waals surface area contributed by atoms with Crippen LogP contribution in [0.25, 0.3) is 9.88 Å². The SMILES string of the molecule is CC(CO)NC(=O)Cc1csc(-c2ccc(Cl)s2)n1. The van der Waals surface area contributed by atoms with Crippen LogP contribution in [0.15, 0.2) is 17.5 Å². The first-order chi connectivity index (χ1) is 9.08. The van der Waals surface area contributed by atoms with Gasteiger partial charge < -0.3 is 10.4 Å². The molecule has 0 saturated heterocycles. The topological polar surface area (TPSA) is 62.2 Å². The molecule has 19 heavy (non-hydrogen) atoms. The van der Waals surface area contributed by atoms with E-state index in [1.54, 1.807) is 6.92 Å². The van der Waals surface area contributed by atoms with Crippen molar-refractivity contribution in [2.24, 2.45) is 0 Å². The molecule has 7 heteroatoms. The molecule has 0 bridgehead atoms. The van der Waals surface area contributed by atoms with Crippen LogP contribution in [0.1, 0.15) is 12.6 Å². The summed E-state index contributed by atoms with van der Waals surface area (Å²) in [6.45, 7) is 1.68. The molecule has 2 rings (SSSR count). The Hall–Kier alpha value is -0.950. The Bertz CT molecular complexity index is 568. The molecule has 1 atom stereocenters. The van der Waals surface area contributed by atoms with Gasteiger partial charge in [-0.2, -0.15) is 0 Å². The Kier molecular flexibility index (Phi) is 4.93. The summed E-state index contributed by atoms with van der Waals surface area (Å²) >= 11 is 8.84. The summed E-state index contributed by atoms with van der Waals surface area (Å²) in [6.07, 6.45) is 0.222. The van der Waals surface area contributed by atoms with E-state index in [-0.39, 0.29) is 25.0 Å². The molecule has 0 fully saturated rings. The summed E-state index contributed by atoms with van der Waals surface area (Å²) in [5.74, 6) is -0.136. The van der Waals surface area contributed by atoms with Crippen LogP contribution in [0.2, 0.25) is 4.34 Å². The van der Waals surface area contributed by atoms with E-state index < -0.39 is 0 Å². The largest absolute Gasteiger partial charge is 0.394 e. The number of halogens is 1. The van der Waals surface area contributed by atoms with Crippen molar-refractivity contribution in [2.45, 2.75) is 19.4 Å². The number of aromatic nitrogens is 1. The number of nitrogens with one attached hydrogen (secondary N) is 1. The number of nitrogens with zero attached hydrogens (tertiary/aromatic N) is 1. The van der Waals surface area contributed by atoms with Crippen molar-refractivity contribution in [3.63, 3.8) is 0 Å². The third kappa shape index (κ3) is 4.01. The predicted octanol–water partition coefficient (Wildman–Crippen LogP) is 2.56. The van der Waals surface area contributed by atoms with Gasteiger partial charge in [0.15, 0.2) is 0 Å². The molecule has 4 nitrogen and oxygen atoms in total. The number of carbonyl (C=O) groups excluding carboxylic acids is 1. The lowest BCUT2D eigenvalue weighted by Crippen LogP contribution is -2.36. The Morgan fingerprint density at radius 2 is 2.37 bits per heavy atom. The van der Waals surface area contributed by atoms with Crippen molar-refractivity contribution in [2.75, 3.05) is 6.61 Å². The van der Waals surface area contributed by atoms with Gasteiger partial charge in [-0.25, -0.2) is 4.98 Å². The maximum Gasteiger partial charge on any atom is 0.226 e. The molecule has 0 aliphatic carbocycles. The second kappa shape index (κ2) is 6.47. The number of aliphatic hydroxyl groups is 1. The van der Waals surface area contributed by atoms with E-state index in [2.05, 4.69) is 10.3 Å². The van der Waals surface area contributed by atoms with E-state index in [9.17, 15) is 4.79 Å². The average Bonchev–Trinajstić information content (AvgIpc) is 2.97. The van der Waals surface area contributed by atoms with Crippen LogP contribution < -0.4 is 5.32 Å². The van der Waals surface area contributed by atoms with E-state index in [1.165, 1.54) is 22.7 Å². The minimum absolute atomic E-state index is 0.0677. The van der Waals surface area contributed by atoms with Crippen molar-refractivity contribution in [1.82, 2.24) is 10.3 Å². The second-order valence-corrected chi connectivity index (χ2v) is 6.65. The van der Waals surface area contributed by atoms with Crippen LogP contribution in [0.3, 0.4) is 0 Å². The van der Waals surface area contributed by atoms with Gasteiger partial charge in [-0.3, -0.25) is 4.79 Å². The first-order valence-electron chi connectivity index (χ1n) is 5.69. The van der Waals surface area contributed by atoms with Gasteiger partial charge in [0, 0.05) is 11.4 Å². The van der Waals surface area contributed by atoms with Crippen molar-refractivity contribution in [3.8, 4) is 9.88 Å². The quantitative estimate of drug-likeness (QED) is 0.891. The molecule has 0 saturated carbocycles. The smallest absolute Gasteiger partial charge is 0.226 e. The fraction of sp³-hybridized carbons (Fsp3) is 0.333. The van der Waals surface area contributed by atoms with Crippen LogP contribution in [0.5, 0.6) is 0 Å². The Morgan fingerprint density at radius 3 is 3.00 bits per heavy atom. The number of carbonyl (C=O) groups is 1. The lowest BCUT2D eigenvalue weighted by atomic mass is 10.3. The number of thiazole rings is 1. The summed E-state index contributed by atoms with van der Waals surface area (Å²) in [5, 5.41) is 14.3. The monoisotopic (exact) mass is 316 g/mol. The molecule has 0 aliphatic rings. The lowest BCUT2D eigenvalue weighted by Gasteiger charge is -2.09. The average molecular weight is 317 g/mol. The van der Waals surface area contributed by atoms with Gasteiger partial charge in [0.2, 0.25) is 5.91 Å². The second-order valence-electron chi connectivity index (χ2n) is 4.08. The van der Waals surface area contributed by atoms with E-state index in [0.29, 0.717) is 0 Å². The molecule has 1 unspecified atom stereocenters. The fourth-order valence-electron chi connectivity index (χ4n) is 1.47. The number of rotatable bonds is 5. The number of thiophene rings is 1. The minimum Gasteiger partial charge on any atom is -0.394 e. The standard InChI is InChI=1S/C12H13ClN2O2S2/c1-7(5-16)14-11(17)4-8-6-18-12(15-8)9-2-3-10(13)19-9/h2-3,6-7,16H,4-5H2,1H3,(H,14,17). The normalized spacial score (nSPS) is 12.4. The number of amides is 1. The first kappa shape index (κ1) is 14.5. The van der Waals surface area contributed by atoms with Gasteiger partial charge in [-0.15, -0.1) is 22.7 Å². The highest BCUT2D eigenvalue weighted by Gasteiger charge is 2.11. The van der Waals surface area contributed by atoms with Gasteiger partial charge in [0.25, 0.3) is 0 Å². The lowest BCUT2D eigenvalue weighted by molar-refractivity contribution is -0.121. The molecule has 2 aromatic rings. The van der Waals surface area contributed by atoms with Gasteiger partial charge >= 0.3 is 0 Å². The zero-order valence-electron chi connectivity index (χ0n) is 10.2. The number of hydrogen-bond acceptors (Lipinski definition) is 5. The van der Waals surface area contributed by atoms with Crippen molar-refractivity contribution < 1.29 is 9.90 Å². The molecular weight excluding hydrogens is 304 g/mol. The first-order valence-corrected chi connectivity index (χ1v) is 7.76. The van der Waals surface area contributed by atoms with Crippen molar-refractivity contribution >= 4 is 40.2 Å². The third-order valence-corrected chi connectivity index (χ3v) is 4.65. The van der Waals surface area contributed by atoms with E-state index in [4.69, 9.17) is 16.7 Å². The Morgan fingerprint density at radius 1 is 1.58 bits per heavy atom. The third-order valence-electron chi connectivity index (χ3n) is 2.36. The van der Waals surface area contributed by atoms with Gasteiger partial charge in [-0.05, 0) is 19.1 Å². The highest BCUT2D eigenvalue weighted by molar-refractivity contribution is 7.23. The van der Waals surface area contributed by atoms with Gasteiger partial charge in [0.1, 0.15) is 5.01 Å². The zero-order chi connectivity index (χ0) is 13.8. The fourth-order valence-corrected chi connectivity index (χ4v) is 3.40. The summed E-state index contributed by atoms with van der Waals surface area (Å²) in [4.78, 5) is 17.1. The minimum atomic E-state index is -0.235. The van der Waals surface area contributed by atoms with E-state index in [0.717, 1.165) is 19.9 Å². The molecule has 0 radical (unpaired) electrons. The number of hydrogen-bond donors (Lipinski definition) is 2. The highest BCUT2D eigenvalue weighted by Crippen LogP contribution is 2.32. The molecule has 102 valence electrons. The molecule has 0 aliphatic heterocycles. The Labute approximate surface area is 124 Å². The van der Waals surface area contributed by atoms with Crippen molar-refractivity contribution in [1.29, 1.82) is 0 Å². The van der Waals surface area contributed by atoms with Crippen LogP contribution in [0, 0.1) is 0 Å². The molecule has 2 heterocycles. The molecule has 0 spiro atoms. The zero-order valence-corrected chi connectivity index (χ0v) is 12.6. The Balaban J connectivity index is 2.00.